The van der Waals surface area contributed by atoms with Crippen LogP contribution in [-0.2, 0) is 11.2 Å². The molecule has 200 valence electrons. The highest BCUT2D eigenvalue weighted by Gasteiger charge is 2.33. The summed E-state index contributed by atoms with van der Waals surface area (Å²) in [5.74, 6) is 0.430. The Morgan fingerprint density at radius 1 is 0.973 bits per heavy atom. The second-order valence-electron chi connectivity index (χ2n) is 11.0. The third kappa shape index (κ3) is 6.92. The van der Waals surface area contributed by atoms with E-state index in [1.807, 2.05) is 17.0 Å². The van der Waals surface area contributed by atoms with Crippen molar-refractivity contribution in [1.29, 1.82) is 0 Å². The van der Waals surface area contributed by atoms with E-state index in [0.29, 0.717) is 6.04 Å². The molecule has 2 atom stereocenters. The summed E-state index contributed by atoms with van der Waals surface area (Å²) in [6.45, 7) is 8.77. The smallest absolute Gasteiger partial charge is 0.239 e. The molecule has 3 saturated heterocycles. The number of benzene rings is 2. The second-order valence-corrected chi connectivity index (χ2v) is 11.5. The first kappa shape index (κ1) is 26.6. The maximum Gasteiger partial charge on any atom is 0.239 e. The highest BCUT2D eigenvalue weighted by atomic mass is 35.5. The van der Waals surface area contributed by atoms with Crippen molar-refractivity contribution in [1.82, 2.24) is 20.0 Å². The molecule has 3 N–H and O–H groups in total. The van der Waals surface area contributed by atoms with Crippen LogP contribution in [0, 0.1) is 5.92 Å². The molecule has 0 bridgehead atoms. The van der Waals surface area contributed by atoms with E-state index in [-0.39, 0.29) is 17.9 Å². The molecular weight excluding hydrogens is 482 g/mol. The summed E-state index contributed by atoms with van der Waals surface area (Å²) in [7, 11) is 0. The van der Waals surface area contributed by atoms with Crippen molar-refractivity contribution in [3.05, 3.63) is 59.1 Å². The van der Waals surface area contributed by atoms with E-state index in [1.54, 1.807) is 0 Å². The number of rotatable bonds is 8. The van der Waals surface area contributed by atoms with Crippen LogP contribution in [0.1, 0.15) is 31.2 Å². The number of nitrogens with zero attached hydrogens (tertiary/aromatic N) is 3. The van der Waals surface area contributed by atoms with Crippen molar-refractivity contribution in [2.24, 2.45) is 11.7 Å². The van der Waals surface area contributed by atoms with Gasteiger partial charge in [-0.25, -0.2) is 0 Å². The fraction of sp³-hybridized carbons (Fsp3) is 0.567. The quantitative estimate of drug-likeness (QED) is 0.554. The summed E-state index contributed by atoms with van der Waals surface area (Å²) >= 11 is 6.35. The number of halogens is 1. The molecule has 37 heavy (non-hydrogen) atoms. The first-order valence-corrected chi connectivity index (χ1v) is 14.5. The van der Waals surface area contributed by atoms with Gasteiger partial charge in [-0.2, -0.15) is 0 Å². The van der Waals surface area contributed by atoms with Gasteiger partial charge in [0.05, 0.1) is 6.04 Å². The Hall–Kier alpha value is -1.96. The number of piperazine rings is 1. The topological polar surface area (TPSA) is 64.8 Å². The number of nitrogens with two attached hydrogens (primary N) is 1. The maximum atomic E-state index is 13.2. The lowest BCUT2D eigenvalue weighted by Gasteiger charge is -2.39. The van der Waals surface area contributed by atoms with E-state index in [9.17, 15) is 4.79 Å². The van der Waals surface area contributed by atoms with Gasteiger partial charge in [0.15, 0.2) is 0 Å². The number of amides is 1. The number of carbonyl (C=O) groups is 1. The van der Waals surface area contributed by atoms with Crippen LogP contribution in [0.2, 0.25) is 5.02 Å². The number of likely N-dealkylation sites (tertiary alicyclic amines) is 1. The van der Waals surface area contributed by atoms with Crippen LogP contribution >= 0.6 is 11.6 Å². The van der Waals surface area contributed by atoms with Crippen molar-refractivity contribution in [3.8, 4) is 11.1 Å². The first-order chi connectivity index (χ1) is 18.1. The van der Waals surface area contributed by atoms with E-state index in [2.05, 4.69) is 51.5 Å². The molecule has 0 aliphatic carbocycles. The van der Waals surface area contributed by atoms with Gasteiger partial charge in [0.25, 0.3) is 0 Å². The lowest BCUT2D eigenvalue weighted by atomic mass is 9.88. The summed E-state index contributed by atoms with van der Waals surface area (Å²) in [5.41, 5.74) is 10.3. The van der Waals surface area contributed by atoms with Crippen molar-refractivity contribution in [2.45, 2.75) is 44.2 Å². The third-order valence-electron chi connectivity index (χ3n) is 8.60. The highest BCUT2D eigenvalue weighted by Crippen LogP contribution is 2.28. The number of hydrogen-bond acceptors (Lipinski definition) is 5. The SMILES string of the molecule is N[C@@H](C(=O)N1CCN(C[C@@H]2CCCN2)CC1)C1CCN(CCc2cc(Cl)ccc2-c2ccccc2)CC1. The van der Waals surface area contributed by atoms with Gasteiger partial charge in [0.1, 0.15) is 0 Å². The largest absolute Gasteiger partial charge is 0.339 e. The minimum Gasteiger partial charge on any atom is -0.339 e. The maximum absolute atomic E-state index is 13.2. The summed E-state index contributed by atoms with van der Waals surface area (Å²) in [6, 6.07) is 17.0. The Kier molecular flexibility index (Phi) is 9.16. The first-order valence-electron chi connectivity index (χ1n) is 14.1. The van der Waals surface area contributed by atoms with Crippen LogP contribution in [0.3, 0.4) is 0 Å². The molecule has 3 aliphatic heterocycles. The number of hydrogen-bond donors (Lipinski definition) is 2. The average Bonchev–Trinajstić information content (AvgIpc) is 3.45. The normalized spacial score (nSPS) is 22.9. The average molecular weight is 524 g/mol. The predicted molar refractivity (Wildman–Crippen MR) is 152 cm³/mol. The minimum absolute atomic E-state index is 0.156. The van der Waals surface area contributed by atoms with Gasteiger partial charge in [-0.05, 0) is 86.5 Å². The Balaban J connectivity index is 1.07. The van der Waals surface area contributed by atoms with E-state index >= 15 is 0 Å². The summed E-state index contributed by atoms with van der Waals surface area (Å²) in [4.78, 5) is 20.2. The zero-order valence-corrected chi connectivity index (χ0v) is 22.7. The lowest BCUT2D eigenvalue weighted by molar-refractivity contribution is -0.136. The van der Waals surface area contributed by atoms with Crippen molar-refractivity contribution in [3.63, 3.8) is 0 Å². The van der Waals surface area contributed by atoms with Crippen molar-refractivity contribution < 1.29 is 4.79 Å². The molecule has 3 fully saturated rings. The molecule has 2 aromatic rings. The summed E-state index contributed by atoms with van der Waals surface area (Å²) in [5, 5.41) is 4.37. The van der Waals surface area contributed by atoms with Crippen LogP contribution in [0.25, 0.3) is 11.1 Å². The zero-order valence-electron chi connectivity index (χ0n) is 22.0. The van der Waals surface area contributed by atoms with E-state index in [4.69, 9.17) is 17.3 Å². The molecular formula is C30H42ClN5O. The van der Waals surface area contributed by atoms with Gasteiger partial charge in [-0.15, -0.1) is 0 Å². The van der Waals surface area contributed by atoms with E-state index < -0.39 is 0 Å². The molecule has 5 rings (SSSR count). The van der Waals surface area contributed by atoms with Crippen LogP contribution < -0.4 is 11.1 Å². The molecule has 1 amide bonds. The van der Waals surface area contributed by atoms with Gasteiger partial charge >= 0.3 is 0 Å². The summed E-state index contributed by atoms with van der Waals surface area (Å²) in [6.07, 6.45) is 5.49. The predicted octanol–water partition coefficient (Wildman–Crippen LogP) is 3.49. The number of nitrogens with one attached hydrogen (secondary N) is 1. The van der Waals surface area contributed by atoms with E-state index in [1.165, 1.54) is 29.5 Å². The Labute approximate surface area is 227 Å². The van der Waals surface area contributed by atoms with Gasteiger partial charge < -0.3 is 20.9 Å². The second kappa shape index (κ2) is 12.7. The number of piperidine rings is 1. The van der Waals surface area contributed by atoms with Crippen LogP contribution in [0.15, 0.2) is 48.5 Å². The Morgan fingerprint density at radius 3 is 2.43 bits per heavy atom. The van der Waals surface area contributed by atoms with Gasteiger partial charge in [0, 0.05) is 50.3 Å². The fourth-order valence-corrected chi connectivity index (χ4v) is 6.46. The monoisotopic (exact) mass is 523 g/mol. The lowest BCUT2D eigenvalue weighted by Crippen LogP contribution is -2.56. The zero-order chi connectivity index (χ0) is 25.6. The van der Waals surface area contributed by atoms with Crippen LogP contribution in [-0.4, -0.2) is 91.6 Å². The van der Waals surface area contributed by atoms with Gasteiger partial charge in [-0.1, -0.05) is 48.0 Å². The molecule has 0 saturated carbocycles. The standard InChI is InChI=1S/C30H42ClN5O/c31-26-8-9-28(23-5-2-1-3-6-23)25(21-26)12-16-34-14-10-24(11-15-34)29(32)30(37)36-19-17-35(18-20-36)22-27-7-4-13-33-27/h1-3,5-6,8-9,21,24,27,29,33H,4,7,10-20,22,32H2/t27-,29+/m0/s1. The minimum atomic E-state index is -0.372. The molecule has 2 aromatic carbocycles. The van der Waals surface area contributed by atoms with Gasteiger partial charge in [-0.3, -0.25) is 9.69 Å². The van der Waals surface area contributed by atoms with Crippen molar-refractivity contribution >= 4 is 17.5 Å². The Morgan fingerprint density at radius 2 is 1.73 bits per heavy atom. The molecule has 6 nitrogen and oxygen atoms in total. The molecule has 0 radical (unpaired) electrons. The molecule has 0 unspecified atom stereocenters. The molecule has 3 aliphatic rings. The molecule has 0 spiro atoms. The molecule has 7 heteroatoms. The Bertz CT molecular complexity index is 1010. The fourth-order valence-electron chi connectivity index (χ4n) is 6.27. The molecule has 3 heterocycles. The third-order valence-corrected chi connectivity index (χ3v) is 8.83. The van der Waals surface area contributed by atoms with Crippen LogP contribution in [0.5, 0.6) is 0 Å². The number of carbonyl (C=O) groups excluding carboxylic acids is 1. The summed E-state index contributed by atoms with van der Waals surface area (Å²) < 4.78 is 0. The van der Waals surface area contributed by atoms with Crippen molar-refractivity contribution in [2.75, 3.05) is 58.9 Å². The highest BCUT2D eigenvalue weighted by molar-refractivity contribution is 6.30. The molecule has 0 aromatic heterocycles. The van der Waals surface area contributed by atoms with Crippen LogP contribution in [0.4, 0.5) is 0 Å². The van der Waals surface area contributed by atoms with Gasteiger partial charge in [0.2, 0.25) is 5.91 Å². The van der Waals surface area contributed by atoms with E-state index in [0.717, 1.165) is 83.2 Å².